The first-order chi connectivity index (χ1) is 12.5. The van der Waals surface area contributed by atoms with Crippen LogP contribution >= 0.6 is 0 Å². The van der Waals surface area contributed by atoms with Crippen LogP contribution in [0.2, 0.25) is 0 Å². The Morgan fingerprint density at radius 3 is 2.19 bits per heavy atom. The van der Waals surface area contributed by atoms with Gasteiger partial charge in [-0.25, -0.2) is 0 Å². The highest BCUT2D eigenvalue weighted by molar-refractivity contribution is 5.35. The van der Waals surface area contributed by atoms with E-state index >= 15 is 0 Å². The molecule has 2 aliphatic heterocycles. The fraction of sp³-hybridized carbons (Fsp3) is 0.522. The van der Waals surface area contributed by atoms with Crippen LogP contribution in [0.1, 0.15) is 73.2 Å². The van der Waals surface area contributed by atoms with Gasteiger partial charge in [-0.05, 0) is 53.1 Å². The number of pyridine rings is 1. The summed E-state index contributed by atoms with van der Waals surface area (Å²) in [5.41, 5.74) is 8.38. The molecule has 0 aliphatic carbocycles. The van der Waals surface area contributed by atoms with Gasteiger partial charge in [-0.15, -0.1) is 0 Å². The van der Waals surface area contributed by atoms with E-state index in [0.29, 0.717) is 11.8 Å². The van der Waals surface area contributed by atoms with Gasteiger partial charge in [0.05, 0.1) is 0 Å². The van der Waals surface area contributed by atoms with Gasteiger partial charge in [0.2, 0.25) is 0 Å². The zero-order valence-electron chi connectivity index (χ0n) is 16.7. The van der Waals surface area contributed by atoms with E-state index in [-0.39, 0.29) is 0 Å². The lowest BCUT2D eigenvalue weighted by molar-refractivity contribution is 0.623. The molecule has 0 radical (unpaired) electrons. The van der Waals surface area contributed by atoms with Crippen molar-refractivity contribution < 1.29 is 0 Å². The predicted molar refractivity (Wildman–Crippen MR) is 110 cm³/mol. The maximum Gasteiger partial charge on any atom is 0.0464 e. The molecule has 0 bridgehead atoms. The normalized spacial score (nSPS) is 15.9. The third-order valence-electron chi connectivity index (χ3n) is 5.32. The van der Waals surface area contributed by atoms with Crippen molar-refractivity contribution in [1.82, 2.24) is 15.6 Å². The highest BCUT2D eigenvalue weighted by atomic mass is 14.9. The molecular weight excluding hydrogens is 318 g/mol. The van der Waals surface area contributed by atoms with Crippen molar-refractivity contribution in [2.24, 2.45) is 0 Å². The van der Waals surface area contributed by atoms with E-state index in [9.17, 15) is 0 Å². The van der Waals surface area contributed by atoms with E-state index < -0.39 is 0 Å². The average Bonchev–Trinajstić information content (AvgIpc) is 2.67. The fourth-order valence-corrected chi connectivity index (χ4v) is 3.54. The molecule has 0 saturated carbocycles. The highest BCUT2D eigenvalue weighted by Crippen LogP contribution is 2.21. The highest BCUT2D eigenvalue weighted by Gasteiger charge is 2.11. The molecule has 1 aromatic carbocycles. The van der Waals surface area contributed by atoms with E-state index in [2.05, 4.69) is 73.6 Å². The van der Waals surface area contributed by atoms with Crippen LogP contribution in [-0.4, -0.2) is 18.1 Å². The molecule has 3 heterocycles. The Morgan fingerprint density at radius 2 is 1.46 bits per heavy atom. The summed E-state index contributed by atoms with van der Waals surface area (Å²) in [4.78, 5) is 4.67. The molecule has 4 rings (SSSR count). The number of hydrogen-bond donors (Lipinski definition) is 2. The summed E-state index contributed by atoms with van der Waals surface area (Å²) < 4.78 is 0. The van der Waals surface area contributed by atoms with Crippen molar-refractivity contribution in [3.8, 4) is 0 Å². The molecular formula is C23H33N3. The predicted octanol–water partition coefficient (Wildman–Crippen LogP) is 4.31. The van der Waals surface area contributed by atoms with E-state index in [1.807, 2.05) is 0 Å². The molecule has 0 spiro atoms. The van der Waals surface area contributed by atoms with Crippen molar-refractivity contribution in [1.29, 1.82) is 0 Å². The Bertz CT molecular complexity index is 671. The molecule has 0 saturated heterocycles. The SMILES string of the molecule is CC(C)c1ccc2c(c1)CNCC2.CC(C)c1ccc2c(n1)CCNC2. The van der Waals surface area contributed by atoms with Crippen LogP contribution in [-0.2, 0) is 25.9 Å². The number of nitrogens with zero attached hydrogens (tertiary/aromatic N) is 1. The smallest absolute Gasteiger partial charge is 0.0464 e. The largest absolute Gasteiger partial charge is 0.312 e. The molecule has 0 fully saturated rings. The Morgan fingerprint density at radius 1 is 0.769 bits per heavy atom. The second-order valence-corrected chi connectivity index (χ2v) is 8.03. The van der Waals surface area contributed by atoms with Crippen LogP contribution in [0, 0.1) is 0 Å². The monoisotopic (exact) mass is 351 g/mol. The first-order valence-electron chi connectivity index (χ1n) is 10.1. The summed E-state index contributed by atoms with van der Waals surface area (Å²) in [7, 11) is 0. The van der Waals surface area contributed by atoms with Crippen LogP contribution in [0.3, 0.4) is 0 Å². The van der Waals surface area contributed by atoms with Gasteiger partial charge in [0.15, 0.2) is 0 Å². The summed E-state index contributed by atoms with van der Waals surface area (Å²) in [6.07, 6.45) is 2.27. The van der Waals surface area contributed by atoms with E-state index in [0.717, 1.165) is 32.6 Å². The molecule has 2 N–H and O–H groups in total. The maximum atomic E-state index is 4.67. The Kier molecular flexibility index (Phi) is 6.44. The first kappa shape index (κ1) is 19.1. The van der Waals surface area contributed by atoms with Gasteiger partial charge in [-0.2, -0.15) is 0 Å². The lowest BCUT2D eigenvalue weighted by Crippen LogP contribution is -2.24. The zero-order valence-corrected chi connectivity index (χ0v) is 16.7. The van der Waals surface area contributed by atoms with Crippen LogP contribution in [0.4, 0.5) is 0 Å². The average molecular weight is 352 g/mol. The van der Waals surface area contributed by atoms with E-state index in [1.54, 1.807) is 0 Å². The summed E-state index contributed by atoms with van der Waals surface area (Å²) in [6.45, 7) is 13.1. The topological polar surface area (TPSA) is 37.0 Å². The Labute approximate surface area is 158 Å². The Balaban J connectivity index is 0.000000151. The quantitative estimate of drug-likeness (QED) is 0.847. The number of rotatable bonds is 2. The van der Waals surface area contributed by atoms with Gasteiger partial charge in [0.25, 0.3) is 0 Å². The van der Waals surface area contributed by atoms with Gasteiger partial charge in [0.1, 0.15) is 0 Å². The summed E-state index contributed by atoms with van der Waals surface area (Å²) in [6, 6.07) is 11.3. The minimum atomic E-state index is 0.542. The van der Waals surface area contributed by atoms with Crippen molar-refractivity contribution in [3.05, 3.63) is 64.0 Å². The lowest BCUT2D eigenvalue weighted by atomic mass is 9.94. The maximum absolute atomic E-state index is 4.67. The molecule has 26 heavy (non-hydrogen) atoms. The molecule has 0 atom stereocenters. The standard InChI is InChI=1S/C12H17N.C11H16N2/c1-9(2)11-4-3-10-5-6-13-8-12(10)7-11;1-8(2)10-4-3-9-7-12-6-5-11(9)13-10/h3-4,7,9,13H,5-6,8H2,1-2H3;3-4,8,12H,5-7H2,1-2H3. The zero-order chi connectivity index (χ0) is 18.5. The third kappa shape index (κ3) is 4.72. The summed E-state index contributed by atoms with van der Waals surface area (Å²) >= 11 is 0. The van der Waals surface area contributed by atoms with Crippen molar-refractivity contribution in [3.63, 3.8) is 0 Å². The molecule has 0 unspecified atom stereocenters. The number of aromatic nitrogens is 1. The van der Waals surface area contributed by atoms with Gasteiger partial charge in [-0.3, -0.25) is 4.98 Å². The van der Waals surface area contributed by atoms with Crippen molar-refractivity contribution in [2.45, 2.75) is 65.5 Å². The molecule has 1 aromatic heterocycles. The minimum Gasteiger partial charge on any atom is -0.312 e. The molecule has 2 aromatic rings. The third-order valence-corrected chi connectivity index (χ3v) is 5.32. The molecule has 3 nitrogen and oxygen atoms in total. The summed E-state index contributed by atoms with van der Waals surface area (Å²) in [5.74, 6) is 1.19. The molecule has 0 amide bonds. The number of benzene rings is 1. The number of nitrogens with one attached hydrogen (secondary N) is 2. The van der Waals surface area contributed by atoms with Crippen LogP contribution in [0.25, 0.3) is 0 Å². The molecule has 2 aliphatic rings. The lowest BCUT2D eigenvalue weighted by Gasteiger charge is -2.18. The van der Waals surface area contributed by atoms with E-state index in [1.165, 1.54) is 40.1 Å². The fourth-order valence-electron chi connectivity index (χ4n) is 3.54. The second-order valence-electron chi connectivity index (χ2n) is 8.03. The van der Waals surface area contributed by atoms with E-state index in [4.69, 9.17) is 0 Å². The first-order valence-corrected chi connectivity index (χ1v) is 10.1. The summed E-state index contributed by atoms with van der Waals surface area (Å²) in [5, 5.41) is 6.76. The van der Waals surface area contributed by atoms with Gasteiger partial charge in [-0.1, -0.05) is 52.0 Å². The van der Waals surface area contributed by atoms with Gasteiger partial charge in [0, 0.05) is 37.4 Å². The number of fused-ring (bicyclic) bond motifs is 2. The van der Waals surface area contributed by atoms with Gasteiger partial charge >= 0.3 is 0 Å². The van der Waals surface area contributed by atoms with Crippen LogP contribution in [0.5, 0.6) is 0 Å². The molecule has 140 valence electrons. The van der Waals surface area contributed by atoms with Crippen molar-refractivity contribution >= 4 is 0 Å². The number of hydrogen-bond acceptors (Lipinski definition) is 3. The molecule has 3 heteroatoms. The second kappa shape index (κ2) is 8.79. The van der Waals surface area contributed by atoms with Gasteiger partial charge < -0.3 is 10.6 Å². The van der Waals surface area contributed by atoms with Crippen molar-refractivity contribution in [2.75, 3.05) is 13.1 Å². The minimum absolute atomic E-state index is 0.542. The van der Waals surface area contributed by atoms with Crippen LogP contribution in [0.15, 0.2) is 30.3 Å². The van der Waals surface area contributed by atoms with Crippen LogP contribution < -0.4 is 10.6 Å². The Hall–Kier alpha value is -1.71.